The van der Waals surface area contributed by atoms with E-state index in [4.69, 9.17) is 14.3 Å². The quantitative estimate of drug-likeness (QED) is 0.423. The van der Waals surface area contributed by atoms with Gasteiger partial charge < -0.3 is 24.5 Å². The minimum atomic E-state index is -0.864. The number of carbonyl (C=O) groups excluding carboxylic acids is 2. The zero-order valence-corrected chi connectivity index (χ0v) is 19.4. The molecule has 4 rings (SSSR count). The van der Waals surface area contributed by atoms with E-state index in [1.807, 2.05) is 36.4 Å². The van der Waals surface area contributed by atoms with E-state index in [0.717, 1.165) is 28.6 Å². The number of oxazole rings is 1. The van der Waals surface area contributed by atoms with Gasteiger partial charge in [-0.05, 0) is 35.1 Å². The SMILES string of the molecule is CN(CCCCC(=O)O)C(=O)c1ncoc1CNC(=O)OCC1c2ccccc2-c2ccccc21. The third-order valence-electron chi connectivity index (χ3n) is 6.06. The number of benzene rings is 2. The van der Waals surface area contributed by atoms with E-state index >= 15 is 0 Å². The first-order chi connectivity index (χ1) is 17.0. The molecule has 9 nitrogen and oxygen atoms in total. The van der Waals surface area contributed by atoms with Crippen LogP contribution in [0.2, 0.25) is 0 Å². The Morgan fingerprint density at radius 2 is 1.71 bits per heavy atom. The van der Waals surface area contributed by atoms with Gasteiger partial charge in [0, 0.05) is 25.9 Å². The molecule has 2 aromatic carbocycles. The van der Waals surface area contributed by atoms with E-state index in [0.29, 0.717) is 19.4 Å². The third kappa shape index (κ3) is 5.51. The molecule has 2 N–H and O–H groups in total. The molecule has 9 heteroatoms. The maximum absolute atomic E-state index is 12.7. The topological polar surface area (TPSA) is 122 Å². The Balaban J connectivity index is 1.30. The van der Waals surface area contributed by atoms with Crippen LogP contribution in [0, 0.1) is 0 Å². The number of carboxylic acids is 1. The van der Waals surface area contributed by atoms with Crippen LogP contribution >= 0.6 is 0 Å². The number of alkyl carbamates (subject to hydrolysis) is 1. The summed E-state index contributed by atoms with van der Waals surface area (Å²) in [6.45, 7) is 0.518. The number of ether oxygens (including phenoxy) is 1. The van der Waals surface area contributed by atoms with Gasteiger partial charge in [-0.3, -0.25) is 9.59 Å². The molecule has 0 spiro atoms. The first kappa shape index (κ1) is 24.0. The Kier molecular flexibility index (Phi) is 7.45. The van der Waals surface area contributed by atoms with E-state index in [-0.39, 0.29) is 42.9 Å². The number of carbonyl (C=O) groups is 3. The highest BCUT2D eigenvalue weighted by molar-refractivity contribution is 5.93. The van der Waals surface area contributed by atoms with Gasteiger partial charge in [-0.1, -0.05) is 48.5 Å². The summed E-state index contributed by atoms with van der Waals surface area (Å²) in [5, 5.41) is 11.3. The molecular weight excluding hydrogens is 450 g/mol. The summed E-state index contributed by atoms with van der Waals surface area (Å²) in [5.41, 5.74) is 4.64. The molecular formula is C26H27N3O6. The molecule has 1 aliphatic carbocycles. The largest absolute Gasteiger partial charge is 0.481 e. The van der Waals surface area contributed by atoms with Crippen LogP contribution in [0.5, 0.6) is 0 Å². The number of hydrogen-bond donors (Lipinski definition) is 2. The standard InChI is InChI=1S/C26H27N3O6/c1-29(13-7-6-12-23(30)31)25(32)24-22(35-16-28-24)14-27-26(33)34-15-21-19-10-4-2-8-17(19)18-9-3-5-11-20(18)21/h2-5,8-11,16,21H,6-7,12-15H2,1H3,(H,27,33)(H,30,31). The van der Waals surface area contributed by atoms with Gasteiger partial charge in [0.05, 0.1) is 6.54 Å². The summed E-state index contributed by atoms with van der Waals surface area (Å²) in [7, 11) is 1.61. The zero-order chi connectivity index (χ0) is 24.8. The monoisotopic (exact) mass is 477 g/mol. The number of nitrogens with zero attached hydrogens (tertiary/aromatic N) is 2. The van der Waals surface area contributed by atoms with Crippen molar-refractivity contribution in [3.05, 3.63) is 77.5 Å². The smallest absolute Gasteiger partial charge is 0.407 e. The average molecular weight is 478 g/mol. The maximum Gasteiger partial charge on any atom is 0.407 e. The maximum atomic E-state index is 12.7. The Bertz CT molecular complexity index is 1180. The molecule has 35 heavy (non-hydrogen) atoms. The number of fused-ring (bicyclic) bond motifs is 3. The molecule has 2 amide bonds. The molecule has 182 valence electrons. The molecule has 1 aliphatic rings. The summed E-state index contributed by atoms with van der Waals surface area (Å²) in [6.07, 6.45) is 1.62. The second kappa shape index (κ2) is 10.9. The predicted molar refractivity (Wildman–Crippen MR) is 127 cm³/mol. The van der Waals surface area contributed by atoms with E-state index in [9.17, 15) is 14.4 Å². The average Bonchev–Trinajstić information content (AvgIpc) is 3.46. The van der Waals surface area contributed by atoms with Crippen LogP contribution in [0.4, 0.5) is 4.79 Å². The van der Waals surface area contributed by atoms with Crippen LogP contribution in [0.15, 0.2) is 59.3 Å². The minimum Gasteiger partial charge on any atom is -0.481 e. The van der Waals surface area contributed by atoms with Crippen LogP contribution in [-0.2, 0) is 16.1 Å². The molecule has 1 heterocycles. The van der Waals surface area contributed by atoms with Crippen molar-refractivity contribution in [3.8, 4) is 11.1 Å². The molecule has 3 aromatic rings. The van der Waals surface area contributed by atoms with Crippen molar-refractivity contribution in [2.75, 3.05) is 20.2 Å². The lowest BCUT2D eigenvalue weighted by Gasteiger charge is -2.16. The normalized spacial score (nSPS) is 12.0. The fourth-order valence-electron chi connectivity index (χ4n) is 4.28. The molecule has 0 bridgehead atoms. The lowest BCUT2D eigenvalue weighted by Crippen LogP contribution is -2.30. The number of hydrogen-bond acceptors (Lipinski definition) is 6. The number of aromatic nitrogens is 1. The number of aliphatic carboxylic acids is 1. The molecule has 0 saturated carbocycles. The van der Waals surface area contributed by atoms with Gasteiger partial charge in [0.2, 0.25) is 0 Å². The first-order valence-electron chi connectivity index (χ1n) is 11.4. The highest BCUT2D eigenvalue weighted by atomic mass is 16.5. The van der Waals surface area contributed by atoms with E-state index < -0.39 is 12.1 Å². The number of nitrogens with one attached hydrogen (secondary N) is 1. The fraction of sp³-hybridized carbons (Fsp3) is 0.308. The van der Waals surface area contributed by atoms with Crippen molar-refractivity contribution in [2.24, 2.45) is 0 Å². The van der Waals surface area contributed by atoms with Crippen LogP contribution in [0.25, 0.3) is 11.1 Å². The summed E-state index contributed by atoms with van der Waals surface area (Å²) >= 11 is 0. The Labute approximate surface area is 202 Å². The van der Waals surface area contributed by atoms with Crippen molar-refractivity contribution < 1.29 is 28.6 Å². The molecule has 0 saturated heterocycles. The van der Waals surface area contributed by atoms with Gasteiger partial charge >= 0.3 is 12.1 Å². The van der Waals surface area contributed by atoms with Gasteiger partial charge in [-0.25, -0.2) is 9.78 Å². The van der Waals surface area contributed by atoms with Crippen molar-refractivity contribution in [3.63, 3.8) is 0 Å². The Morgan fingerprint density at radius 3 is 2.37 bits per heavy atom. The molecule has 0 fully saturated rings. The van der Waals surface area contributed by atoms with Gasteiger partial charge in [0.25, 0.3) is 5.91 Å². The van der Waals surface area contributed by atoms with Gasteiger partial charge in [-0.2, -0.15) is 0 Å². The van der Waals surface area contributed by atoms with Crippen LogP contribution in [-0.4, -0.2) is 53.2 Å². The van der Waals surface area contributed by atoms with Gasteiger partial charge in [0.15, 0.2) is 17.8 Å². The van der Waals surface area contributed by atoms with Gasteiger partial charge in [0.1, 0.15) is 6.61 Å². The first-order valence-corrected chi connectivity index (χ1v) is 11.4. The molecule has 0 aliphatic heterocycles. The van der Waals surface area contributed by atoms with Crippen LogP contribution in [0.1, 0.15) is 52.6 Å². The highest BCUT2D eigenvalue weighted by Crippen LogP contribution is 2.44. The predicted octanol–water partition coefficient (Wildman–Crippen LogP) is 4.04. The third-order valence-corrected chi connectivity index (χ3v) is 6.06. The summed E-state index contributed by atoms with van der Waals surface area (Å²) in [6, 6.07) is 16.2. The minimum absolute atomic E-state index is 0.0506. The summed E-state index contributed by atoms with van der Waals surface area (Å²) in [4.78, 5) is 41.2. The molecule has 1 aromatic heterocycles. The Morgan fingerprint density at radius 1 is 1.06 bits per heavy atom. The summed E-state index contributed by atoms with van der Waals surface area (Å²) in [5.74, 6) is -1.05. The lowest BCUT2D eigenvalue weighted by molar-refractivity contribution is -0.137. The Hall–Kier alpha value is -4.14. The molecule has 0 radical (unpaired) electrons. The van der Waals surface area contributed by atoms with Gasteiger partial charge in [-0.15, -0.1) is 0 Å². The lowest BCUT2D eigenvalue weighted by atomic mass is 9.98. The van der Waals surface area contributed by atoms with Crippen molar-refractivity contribution in [1.82, 2.24) is 15.2 Å². The van der Waals surface area contributed by atoms with E-state index in [1.54, 1.807) is 7.05 Å². The summed E-state index contributed by atoms with van der Waals surface area (Å²) < 4.78 is 10.8. The number of unbranched alkanes of at least 4 members (excludes halogenated alkanes) is 1. The van der Waals surface area contributed by atoms with Crippen LogP contribution in [0.3, 0.4) is 0 Å². The second-order valence-corrected chi connectivity index (χ2v) is 8.38. The van der Waals surface area contributed by atoms with Crippen molar-refractivity contribution in [2.45, 2.75) is 31.7 Å². The fourth-order valence-corrected chi connectivity index (χ4v) is 4.28. The van der Waals surface area contributed by atoms with E-state index in [2.05, 4.69) is 22.4 Å². The highest BCUT2D eigenvalue weighted by Gasteiger charge is 2.29. The number of amides is 2. The van der Waals surface area contributed by atoms with Crippen molar-refractivity contribution in [1.29, 1.82) is 0 Å². The van der Waals surface area contributed by atoms with Crippen molar-refractivity contribution >= 4 is 18.0 Å². The van der Waals surface area contributed by atoms with Crippen LogP contribution < -0.4 is 5.32 Å². The molecule has 0 atom stereocenters. The zero-order valence-electron chi connectivity index (χ0n) is 19.4. The molecule has 0 unspecified atom stereocenters. The second-order valence-electron chi connectivity index (χ2n) is 8.38. The number of carboxylic acid groups (broad SMARTS) is 1. The number of rotatable bonds is 10. The van der Waals surface area contributed by atoms with E-state index in [1.165, 1.54) is 4.90 Å².